The Balaban J connectivity index is 2.65. The Labute approximate surface area is 108 Å². The molecular formula is C12H10BrN3O. The summed E-state index contributed by atoms with van der Waals surface area (Å²) in [4.78, 5) is 0. The normalized spacial score (nSPS) is 10.0. The van der Waals surface area contributed by atoms with Crippen molar-refractivity contribution in [2.75, 3.05) is 7.11 Å². The number of nitrogens with zero attached hydrogens (tertiary/aromatic N) is 3. The van der Waals surface area contributed by atoms with E-state index in [-0.39, 0.29) is 0 Å². The minimum atomic E-state index is 0.564. The highest BCUT2D eigenvalue weighted by molar-refractivity contribution is 9.10. The lowest BCUT2D eigenvalue weighted by molar-refractivity contribution is 0.414. The molecule has 2 aromatic rings. The highest BCUT2D eigenvalue weighted by Crippen LogP contribution is 2.31. The smallest absolute Gasteiger partial charge is 0.120 e. The Hall–Kier alpha value is -1.80. The monoisotopic (exact) mass is 291 g/mol. The summed E-state index contributed by atoms with van der Waals surface area (Å²) in [6.45, 7) is 0. The molecule has 0 aliphatic heterocycles. The van der Waals surface area contributed by atoms with E-state index < -0.39 is 0 Å². The average molecular weight is 292 g/mol. The fourth-order valence-corrected chi connectivity index (χ4v) is 2.22. The van der Waals surface area contributed by atoms with Crippen molar-refractivity contribution >= 4 is 15.9 Å². The minimum absolute atomic E-state index is 0.564. The van der Waals surface area contributed by atoms with E-state index in [4.69, 9.17) is 10.00 Å². The third-order valence-corrected chi connectivity index (χ3v) is 3.08. The first-order chi connectivity index (χ1) is 8.17. The van der Waals surface area contributed by atoms with Crippen molar-refractivity contribution in [3.8, 4) is 23.1 Å². The summed E-state index contributed by atoms with van der Waals surface area (Å²) in [6, 6.07) is 7.58. The lowest BCUT2D eigenvalue weighted by atomic mass is 10.1. The molecular weight excluding hydrogens is 282 g/mol. The van der Waals surface area contributed by atoms with Gasteiger partial charge in [-0.1, -0.05) is 0 Å². The van der Waals surface area contributed by atoms with Gasteiger partial charge in [-0.2, -0.15) is 10.4 Å². The topological polar surface area (TPSA) is 50.8 Å². The molecule has 0 aliphatic rings. The molecule has 0 fully saturated rings. The predicted octanol–water partition coefficient (Wildman–Crippen LogP) is 2.73. The van der Waals surface area contributed by atoms with E-state index in [2.05, 4.69) is 27.1 Å². The number of hydrogen-bond donors (Lipinski definition) is 0. The number of halogens is 1. The second-order valence-electron chi connectivity index (χ2n) is 3.49. The molecule has 0 aliphatic carbocycles. The summed E-state index contributed by atoms with van der Waals surface area (Å²) >= 11 is 3.43. The largest absolute Gasteiger partial charge is 0.497 e. The molecule has 0 saturated heterocycles. The first kappa shape index (κ1) is 11.7. The number of aromatic nitrogens is 2. The molecule has 0 amide bonds. The zero-order valence-electron chi connectivity index (χ0n) is 9.44. The molecule has 86 valence electrons. The SMILES string of the molecule is COc1ccc(-c2c(Br)cnn2C)c(C#N)c1. The molecule has 17 heavy (non-hydrogen) atoms. The van der Waals surface area contributed by atoms with Gasteiger partial charge in [0.1, 0.15) is 5.75 Å². The summed E-state index contributed by atoms with van der Waals surface area (Å²) in [5, 5.41) is 13.3. The van der Waals surface area contributed by atoms with Crippen molar-refractivity contribution in [2.45, 2.75) is 0 Å². The van der Waals surface area contributed by atoms with E-state index in [1.54, 1.807) is 24.1 Å². The molecule has 5 heteroatoms. The third-order valence-electron chi connectivity index (χ3n) is 2.50. The fraction of sp³-hybridized carbons (Fsp3) is 0.167. The van der Waals surface area contributed by atoms with E-state index in [1.165, 1.54) is 0 Å². The van der Waals surface area contributed by atoms with Crippen LogP contribution in [-0.4, -0.2) is 16.9 Å². The molecule has 0 unspecified atom stereocenters. The molecule has 0 atom stereocenters. The second kappa shape index (κ2) is 4.60. The number of methoxy groups -OCH3 is 1. The van der Waals surface area contributed by atoms with Gasteiger partial charge in [0.05, 0.1) is 35.1 Å². The first-order valence-electron chi connectivity index (χ1n) is 4.93. The molecule has 2 rings (SSSR count). The molecule has 0 N–H and O–H groups in total. The number of nitriles is 1. The van der Waals surface area contributed by atoms with Crippen molar-refractivity contribution in [3.63, 3.8) is 0 Å². The second-order valence-corrected chi connectivity index (χ2v) is 4.34. The quantitative estimate of drug-likeness (QED) is 0.855. The van der Waals surface area contributed by atoms with Gasteiger partial charge >= 0.3 is 0 Å². The number of ether oxygens (including phenoxy) is 1. The van der Waals surface area contributed by atoms with E-state index in [1.807, 2.05) is 19.2 Å². The van der Waals surface area contributed by atoms with Crippen LogP contribution in [0.25, 0.3) is 11.3 Å². The maximum Gasteiger partial charge on any atom is 0.120 e. The van der Waals surface area contributed by atoms with Crippen molar-refractivity contribution in [3.05, 3.63) is 34.4 Å². The van der Waals surface area contributed by atoms with Gasteiger partial charge in [0.15, 0.2) is 0 Å². The Morgan fingerprint density at radius 3 is 2.76 bits per heavy atom. The molecule has 0 bridgehead atoms. The van der Waals surface area contributed by atoms with E-state index >= 15 is 0 Å². The first-order valence-corrected chi connectivity index (χ1v) is 5.72. The number of hydrogen-bond acceptors (Lipinski definition) is 3. The summed E-state index contributed by atoms with van der Waals surface area (Å²) in [6.07, 6.45) is 1.71. The molecule has 1 aromatic carbocycles. The molecule has 0 radical (unpaired) electrons. The number of aryl methyl sites for hydroxylation is 1. The van der Waals surface area contributed by atoms with E-state index in [0.717, 1.165) is 15.7 Å². The van der Waals surface area contributed by atoms with Crippen LogP contribution in [0.3, 0.4) is 0 Å². The summed E-state index contributed by atoms with van der Waals surface area (Å²) in [5.74, 6) is 0.670. The van der Waals surface area contributed by atoms with Gasteiger partial charge < -0.3 is 4.74 Å². The van der Waals surface area contributed by atoms with Crippen LogP contribution in [0.1, 0.15) is 5.56 Å². The van der Waals surface area contributed by atoms with Crippen LogP contribution in [-0.2, 0) is 7.05 Å². The van der Waals surface area contributed by atoms with Crippen molar-refractivity contribution in [1.29, 1.82) is 5.26 Å². The molecule has 0 saturated carbocycles. The minimum Gasteiger partial charge on any atom is -0.497 e. The fourth-order valence-electron chi connectivity index (χ4n) is 1.66. The van der Waals surface area contributed by atoms with Gasteiger partial charge in [0.25, 0.3) is 0 Å². The van der Waals surface area contributed by atoms with Crippen molar-refractivity contribution in [1.82, 2.24) is 9.78 Å². The van der Waals surface area contributed by atoms with Crippen molar-refractivity contribution < 1.29 is 4.74 Å². The third kappa shape index (κ3) is 2.04. The Morgan fingerprint density at radius 1 is 1.47 bits per heavy atom. The van der Waals surface area contributed by atoms with Crippen LogP contribution in [0.5, 0.6) is 5.75 Å². The highest BCUT2D eigenvalue weighted by Gasteiger charge is 2.13. The standard InChI is InChI=1S/C12H10BrN3O/c1-16-12(11(13)7-15-16)10-4-3-9(17-2)5-8(10)6-14/h3-5,7H,1-2H3. The maximum atomic E-state index is 9.17. The van der Waals surface area contributed by atoms with Crippen LogP contribution in [0.4, 0.5) is 0 Å². The lowest BCUT2D eigenvalue weighted by Gasteiger charge is -2.07. The summed E-state index contributed by atoms with van der Waals surface area (Å²) < 4.78 is 7.70. The van der Waals surface area contributed by atoms with Crippen LogP contribution in [0.2, 0.25) is 0 Å². The molecule has 1 aromatic heterocycles. The highest BCUT2D eigenvalue weighted by atomic mass is 79.9. The number of rotatable bonds is 2. The Morgan fingerprint density at radius 2 is 2.24 bits per heavy atom. The van der Waals surface area contributed by atoms with Crippen LogP contribution < -0.4 is 4.74 Å². The van der Waals surface area contributed by atoms with E-state index in [9.17, 15) is 0 Å². The zero-order chi connectivity index (χ0) is 12.4. The van der Waals surface area contributed by atoms with Crippen LogP contribution >= 0.6 is 15.9 Å². The zero-order valence-corrected chi connectivity index (χ0v) is 11.0. The van der Waals surface area contributed by atoms with Gasteiger partial charge in [0.2, 0.25) is 0 Å². The summed E-state index contributed by atoms with van der Waals surface area (Å²) in [5.41, 5.74) is 2.28. The van der Waals surface area contributed by atoms with Gasteiger partial charge in [-0.15, -0.1) is 0 Å². The lowest BCUT2D eigenvalue weighted by Crippen LogP contribution is -1.96. The average Bonchev–Trinajstić information content (AvgIpc) is 2.68. The Bertz CT molecular complexity index is 579. The van der Waals surface area contributed by atoms with Gasteiger partial charge in [0, 0.05) is 12.6 Å². The van der Waals surface area contributed by atoms with Crippen molar-refractivity contribution in [2.24, 2.45) is 7.05 Å². The van der Waals surface area contributed by atoms with Crippen LogP contribution in [0, 0.1) is 11.3 Å². The molecule has 0 spiro atoms. The predicted molar refractivity (Wildman–Crippen MR) is 67.6 cm³/mol. The maximum absolute atomic E-state index is 9.17. The Kier molecular flexibility index (Phi) is 3.16. The molecule has 4 nitrogen and oxygen atoms in total. The van der Waals surface area contributed by atoms with Crippen LogP contribution in [0.15, 0.2) is 28.9 Å². The van der Waals surface area contributed by atoms with Gasteiger partial charge in [-0.3, -0.25) is 4.68 Å². The van der Waals surface area contributed by atoms with E-state index in [0.29, 0.717) is 11.3 Å². The molecule has 1 heterocycles. The number of benzene rings is 1. The van der Waals surface area contributed by atoms with Gasteiger partial charge in [-0.25, -0.2) is 0 Å². The van der Waals surface area contributed by atoms with Gasteiger partial charge in [-0.05, 0) is 34.1 Å². The summed E-state index contributed by atoms with van der Waals surface area (Å²) in [7, 11) is 3.42.